The van der Waals surface area contributed by atoms with Crippen LogP contribution in [0, 0.1) is 5.92 Å². The minimum absolute atomic E-state index is 0.258. The SMILES string of the molecule is CCCCCCCCCCCCCCCCCCCCC(C(N)=O)C(N)CN. The highest BCUT2D eigenvalue weighted by molar-refractivity contribution is 5.77. The lowest BCUT2D eigenvalue weighted by atomic mass is 9.93. The zero-order chi connectivity index (χ0) is 20.9. The lowest BCUT2D eigenvalue weighted by Crippen LogP contribution is -2.43. The fraction of sp³-hybridized carbons (Fsp3) is 0.958. The van der Waals surface area contributed by atoms with E-state index in [0.717, 1.165) is 12.8 Å². The topological polar surface area (TPSA) is 95.1 Å². The van der Waals surface area contributed by atoms with Crippen LogP contribution >= 0.6 is 0 Å². The molecule has 0 saturated heterocycles. The van der Waals surface area contributed by atoms with Crippen molar-refractivity contribution in [2.75, 3.05) is 6.54 Å². The molecule has 168 valence electrons. The minimum Gasteiger partial charge on any atom is -0.369 e. The highest BCUT2D eigenvalue weighted by Crippen LogP contribution is 2.16. The van der Waals surface area contributed by atoms with E-state index in [0.29, 0.717) is 6.54 Å². The number of amides is 1. The second kappa shape index (κ2) is 21.1. The summed E-state index contributed by atoms with van der Waals surface area (Å²) in [6.45, 7) is 2.61. The van der Waals surface area contributed by atoms with Gasteiger partial charge in [0.15, 0.2) is 0 Å². The third-order valence-electron chi connectivity index (χ3n) is 6.02. The average molecular weight is 398 g/mol. The van der Waals surface area contributed by atoms with Crippen molar-refractivity contribution < 1.29 is 4.79 Å². The van der Waals surface area contributed by atoms with E-state index >= 15 is 0 Å². The minimum atomic E-state index is -0.301. The van der Waals surface area contributed by atoms with E-state index in [1.54, 1.807) is 0 Å². The van der Waals surface area contributed by atoms with Gasteiger partial charge in [-0.15, -0.1) is 0 Å². The summed E-state index contributed by atoms with van der Waals surface area (Å²) in [5.74, 6) is -0.559. The van der Waals surface area contributed by atoms with Crippen LogP contribution < -0.4 is 17.2 Å². The van der Waals surface area contributed by atoms with Crippen LogP contribution in [0.3, 0.4) is 0 Å². The zero-order valence-electron chi connectivity index (χ0n) is 18.9. The van der Waals surface area contributed by atoms with Crippen molar-refractivity contribution in [3.05, 3.63) is 0 Å². The van der Waals surface area contributed by atoms with Crippen LogP contribution in [0.1, 0.15) is 129 Å². The van der Waals surface area contributed by atoms with Gasteiger partial charge in [0.25, 0.3) is 0 Å². The smallest absolute Gasteiger partial charge is 0.222 e. The van der Waals surface area contributed by atoms with E-state index in [-0.39, 0.29) is 17.9 Å². The van der Waals surface area contributed by atoms with Crippen LogP contribution in [0.2, 0.25) is 0 Å². The Hall–Kier alpha value is -0.610. The van der Waals surface area contributed by atoms with Crippen molar-refractivity contribution >= 4 is 5.91 Å². The lowest BCUT2D eigenvalue weighted by molar-refractivity contribution is -0.122. The summed E-state index contributed by atoms with van der Waals surface area (Å²) in [6, 6.07) is -0.289. The first-order valence-electron chi connectivity index (χ1n) is 12.4. The fourth-order valence-corrected chi connectivity index (χ4v) is 4.00. The summed E-state index contributed by atoms with van der Waals surface area (Å²) < 4.78 is 0. The summed E-state index contributed by atoms with van der Waals surface area (Å²) in [5.41, 5.74) is 16.8. The zero-order valence-corrected chi connectivity index (χ0v) is 18.9. The van der Waals surface area contributed by atoms with Gasteiger partial charge in [0.1, 0.15) is 0 Å². The van der Waals surface area contributed by atoms with Crippen molar-refractivity contribution in [1.29, 1.82) is 0 Å². The standard InChI is InChI=1S/C24H51N3O/c1-2-3-4-5-6-7-8-9-10-11-12-13-14-15-16-17-18-19-20-22(24(27)28)23(26)21-25/h22-23H,2-21,25-26H2,1H3,(H2,27,28). The molecule has 2 unspecified atom stereocenters. The van der Waals surface area contributed by atoms with Gasteiger partial charge in [0.05, 0.1) is 5.92 Å². The van der Waals surface area contributed by atoms with Gasteiger partial charge in [-0.1, -0.05) is 122 Å². The summed E-state index contributed by atoms with van der Waals surface area (Å²) in [4.78, 5) is 11.4. The van der Waals surface area contributed by atoms with Gasteiger partial charge in [-0.25, -0.2) is 0 Å². The molecule has 0 spiro atoms. The molecule has 0 aromatic heterocycles. The van der Waals surface area contributed by atoms with Crippen LogP contribution in [0.4, 0.5) is 0 Å². The molecule has 0 aromatic rings. The molecular formula is C24H51N3O. The number of carbonyl (C=O) groups is 1. The number of rotatable bonds is 22. The molecule has 0 radical (unpaired) electrons. The van der Waals surface area contributed by atoms with E-state index in [1.807, 2.05) is 0 Å². The van der Waals surface area contributed by atoms with E-state index < -0.39 is 0 Å². The quantitative estimate of drug-likeness (QED) is 0.201. The fourth-order valence-electron chi connectivity index (χ4n) is 4.00. The molecule has 0 aliphatic rings. The molecule has 4 nitrogen and oxygen atoms in total. The number of hydrogen-bond donors (Lipinski definition) is 3. The van der Waals surface area contributed by atoms with Crippen molar-refractivity contribution in [1.82, 2.24) is 0 Å². The molecule has 0 aliphatic carbocycles. The molecule has 4 heteroatoms. The van der Waals surface area contributed by atoms with Crippen LogP contribution in [0.5, 0.6) is 0 Å². The Morgan fingerprint density at radius 1 is 0.643 bits per heavy atom. The molecule has 0 saturated carbocycles. The van der Waals surface area contributed by atoms with E-state index in [1.165, 1.54) is 109 Å². The van der Waals surface area contributed by atoms with E-state index in [9.17, 15) is 4.79 Å². The Bertz CT molecular complexity index is 336. The Morgan fingerprint density at radius 2 is 0.964 bits per heavy atom. The summed E-state index contributed by atoms with van der Waals surface area (Å²) in [7, 11) is 0. The van der Waals surface area contributed by atoms with Gasteiger partial charge >= 0.3 is 0 Å². The predicted molar refractivity (Wildman–Crippen MR) is 123 cm³/mol. The van der Waals surface area contributed by atoms with Gasteiger partial charge in [-0.05, 0) is 6.42 Å². The Labute approximate surface area is 175 Å². The third-order valence-corrected chi connectivity index (χ3v) is 6.02. The number of nitrogens with two attached hydrogens (primary N) is 3. The second-order valence-electron chi connectivity index (χ2n) is 8.71. The van der Waals surface area contributed by atoms with Crippen LogP contribution in [0.25, 0.3) is 0 Å². The number of hydrogen-bond acceptors (Lipinski definition) is 3. The van der Waals surface area contributed by atoms with Gasteiger partial charge in [0.2, 0.25) is 5.91 Å². The van der Waals surface area contributed by atoms with Gasteiger partial charge in [-0.3, -0.25) is 4.79 Å². The normalized spacial score (nSPS) is 13.5. The van der Waals surface area contributed by atoms with Crippen molar-refractivity contribution in [3.63, 3.8) is 0 Å². The molecule has 0 rings (SSSR count). The lowest BCUT2D eigenvalue weighted by Gasteiger charge is -2.19. The monoisotopic (exact) mass is 397 g/mol. The summed E-state index contributed by atoms with van der Waals surface area (Å²) >= 11 is 0. The van der Waals surface area contributed by atoms with Gasteiger partial charge < -0.3 is 17.2 Å². The maximum atomic E-state index is 11.4. The predicted octanol–water partition coefficient (Wildman–Crippen LogP) is 5.81. The molecule has 0 fully saturated rings. The van der Waals surface area contributed by atoms with Gasteiger partial charge in [-0.2, -0.15) is 0 Å². The number of primary amides is 1. The van der Waals surface area contributed by atoms with Gasteiger partial charge in [0, 0.05) is 12.6 Å². The Morgan fingerprint density at radius 3 is 1.25 bits per heavy atom. The largest absolute Gasteiger partial charge is 0.369 e. The van der Waals surface area contributed by atoms with E-state index in [2.05, 4.69) is 6.92 Å². The Kier molecular flexibility index (Phi) is 20.6. The molecule has 1 amide bonds. The molecule has 2 atom stereocenters. The molecular weight excluding hydrogens is 346 g/mol. The molecule has 0 heterocycles. The van der Waals surface area contributed by atoms with E-state index in [4.69, 9.17) is 17.2 Å². The first-order valence-corrected chi connectivity index (χ1v) is 12.4. The van der Waals surface area contributed by atoms with Crippen molar-refractivity contribution in [2.45, 2.75) is 135 Å². The number of unbranched alkanes of at least 4 members (excludes halogenated alkanes) is 17. The first-order chi connectivity index (χ1) is 13.6. The van der Waals surface area contributed by atoms with Crippen LogP contribution in [0.15, 0.2) is 0 Å². The molecule has 0 bridgehead atoms. The molecule has 0 aliphatic heterocycles. The highest BCUT2D eigenvalue weighted by Gasteiger charge is 2.21. The molecule has 6 N–H and O–H groups in total. The average Bonchev–Trinajstić information content (AvgIpc) is 2.69. The third kappa shape index (κ3) is 17.5. The maximum Gasteiger partial charge on any atom is 0.222 e. The maximum absolute atomic E-state index is 11.4. The van der Waals surface area contributed by atoms with Crippen molar-refractivity contribution in [3.8, 4) is 0 Å². The van der Waals surface area contributed by atoms with Crippen LogP contribution in [-0.4, -0.2) is 18.5 Å². The molecule has 0 aromatic carbocycles. The summed E-state index contributed by atoms with van der Waals surface area (Å²) in [6.07, 6.45) is 25.3. The summed E-state index contributed by atoms with van der Waals surface area (Å²) in [5, 5.41) is 0. The van der Waals surface area contributed by atoms with Crippen LogP contribution in [-0.2, 0) is 4.79 Å². The van der Waals surface area contributed by atoms with Crippen molar-refractivity contribution in [2.24, 2.45) is 23.1 Å². The number of carbonyl (C=O) groups excluding carboxylic acids is 1. The Balaban J connectivity index is 3.24. The first kappa shape index (κ1) is 27.4. The second-order valence-corrected chi connectivity index (χ2v) is 8.71. The highest BCUT2D eigenvalue weighted by atomic mass is 16.1. The molecule has 28 heavy (non-hydrogen) atoms.